The second kappa shape index (κ2) is 5.61. The highest BCUT2D eigenvalue weighted by Crippen LogP contribution is 2.26. The highest BCUT2D eigenvalue weighted by molar-refractivity contribution is 5.08. The molecule has 0 saturated heterocycles. The van der Waals surface area contributed by atoms with Gasteiger partial charge in [0.05, 0.1) is 0 Å². The molecule has 94 valence electrons. The van der Waals surface area contributed by atoms with Gasteiger partial charge < -0.3 is 10.6 Å². The number of pyridine rings is 1. The third kappa shape index (κ3) is 3.79. The van der Waals surface area contributed by atoms with E-state index in [1.54, 1.807) is 0 Å². The minimum atomic E-state index is 0.0369. The van der Waals surface area contributed by atoms with Crippen molar-refractivity contribution in [3.63, 3.8) is 0 Å². The van der Waals surface area contributed by atoms with Crippen molar-refractivity contribution in [2.75, 3.05) is 13.6 Å². The Kier molecular flexibility index (Phi) is 4.13. The summed E-state index contributed by atoms with van der Waals surface area (Å²) in [6.07, 6.45) is 10.0. The number of nitrogens with zero attached hydrogens (tertiary/aromatic N) is 2. The van der Waals surface area contributed by atoms with Crippen LogP contribution in [0.5, 0.6) is 0 Å². The summed E-state index contributed by atoms with van der Waals surface area (Å²) in [4.78, 5) is 6.47. The molecule has 1 aromatic heterocycles. The van der Waals surface area contributed by atoms with Gasteiger partial charge >= 0.3 is 0 Å². The third-order valence-electron chi connectivity index (χ3n) is 3.61. The maximum absolute atomic E-state index is 6.46. The van der Waals surface area contributed by atoms with Crippen LogP contribution in [0, 0.1) is 0 Å². The molecule has 3 heteroatoms. The van der Waals surface area contributed by atoms with Crippen LogP contribution in [0.2, 0.25) is 0 Å². The molecule has 1 aliphatic carbocycles. The Morgan fingerprint density at radius 1 is 1.35 bits per heavy atom. The van der Waals surface area contributed by atoms with Gasteiger partial charge in [-0.2, -0.15) is 0 Å². The van der Waals surface area contributed by atoms with Crippen LogP contribution in [0.4, 0.5) is 0 Å². The average Bonchev–Trinajstić information content (AvgIpc) is 2.30. The first-order valence-electron chi connectivity index (χ1n) is 6.54. The Labute approximate surface area is 104 Å². The average molecular weight is 233 g/mol. The summed E-state index contributed by atoms with van der Waals surface area (Å²) in [6.45, 7) is 1.93. The van der Waals surface area contributed by atoms with Crippen molar-refractivity contribution >= 4 is 0 Å². The van der Waals surface area contributed by atoms with Gasteiger partial charge in [-0.3, -0.25) is 4.98 Å². The maximum atomic E-state index is 6.46. The third-order valence-corrected chi connectivity index (χ3v) is 3.61. The van der Waals surface area contributed by atoms with Crippen LogP contribution in [-0.4, -0.2) is 29.0 Å². The molecule has 0 spiro atoms. The first-order chi connectivity index (χ1) is 8.18. The number of likely N-dealkylation sites (N-methyl/N-ethyl adjacent to an activating group) is 1. The molecular weight excluding hydrogens is 210 g/mol. The van der Waals surface area contributed by atoms with E-state index in [-0.39, 0.29) is 5.54 Å². The van der Waals surface area contributed by atoms with Crippen LogP contribution in [0.3, 0.4) is 0 Å². The van der Waals surface area contributed by atoms with E-state index in [9.17, 15) is 0 Å². The molecule has 1 aliphatic rings. The monoisotopic (exact) mass is 233 g/mol. The lowest BCUT2D eigenvalue weighted by Crippen LogP contribution is -2.50. The number of hydrogen-bond donors (Lipinski definition) is 1. The van der Waals surface area contributed by atoms with Gasteiger partial charge in [0.2, 0.25) is 0 Å². The standard InChI is InChI=1S/C14H23N3/c1-17(11-13-6-5-9-16-10-13)12-14(15)7-3-2-4-8-14/h5-6,9-10H,2-4,7-8,11-12,15H2,1H3. The quantitative estimate of drug-likeness (QED) is 0.866. The van der Waals surface area contributed by atoms with Gasteiger partial charge in [-0.25, -0.2) is 0 Å². The van der Waals surface area contributed by atoms with Crippen LogP contribution < -0.4 is 5.73 Å². The molecule has 3 nitrogen and oxygen atoms in total. The lowest BCUT2D eigenvalue weighted by atomic mass is 9.82. The van der Waals surface area contributed by atoms with Crippen molar-refractivity contribution in [1.82, 2.24) is 9.88 Å². The molecule has 0 atom stereocenters. The van der Waals surface area contributed by atoms with Crippen LogP contribution in [0.25, 0.3) is 0 Å². The van der Waals surface area contributed by atoms with Crippen LogP contribution >= 0.6 is 0 Å². The summed E-state index contributed by atoms with van der Waals surface area (Å²) in [5, 5.41) is 0. The number of nitrogens with two attached hydrogens (primary N) is 1. The van der Waals surface area contributed by atoms with Crippen LogP contribution in [0.1, 0.15) is 37.7 Å². The summed E-state index contributed by atoms with van der Waals surface area (Å²) in [7, 11) is 2.15. The van der Waals surface area contributed by atoms with E-state index >= 15 is 0 Å². The second-order valence-electron chi connectivity index (χ2n) is 5.46. The molecular formula is C14H23N3. The molecule has 1 heterocycles. The molecule has 0 radical (unpaired) electrons. The fraction of sp³-hybridized carbons (Fsp3) is 0.643. The van der Waals surface area contributed by atoms with Gasteiger partial charge in [0.15, 0.2) is 0 Å². The summed E-state index contributed by atoms with van der Waals surface area (Å²) >= 11 is 0. The van der Waals surface area contributed by atoms with Crippen molar-refractivity contribution in [3.05, 3.63) is 30.1 Å². The summed E-state index contributed by atoms with van der Waals surface area (Å²) in [5.74, 6) is 0. The zero-order chi connectivity index (χ0) is 12.1. The molecule has 0 unspecified atom stereocenters. The predicted octanol–water partition coefficient (Wildman–Crippen LogP) is 2.17. The van der Waals surface area contributed by atoms with E-state index < -0.39 is 0 Å². The fourth-order valence-electron chi connectivity index (χ4n) is 2.81. The summed E-state index contributed by atoms with van der Waals surface area (Å²) in [6, 6.07) is 4.11. The second-order valence-corrected chi connectivity index (χ2v) is 5.46. The van der Waals surface area contributed by atoms with Gasteiger partial charge in [0.25, 0.3) is 0 Å². The normalized spacial score (nSPS) is 19.5. The van der Waals surface area contributed by atoms with Gasteiger partial charge in [0, 0.05) is 31.0 Å². The van der Waals surface area contributed by atoms with E-state index in [4.69, 9.17) is 5.73 Å². The van der Waals surface area contributed by atoms with Gasteiger partial charge in [-0.1, -0.05) is 25.3 Å². The van der Waals surface area contributed by atoms with Gasteiger partial charge in [-0.15, -0.1) is 0 Å². The molecule has 0 amide bonds. The zero-order valence-corrected chi connectivity index (χ0v) is 10.7. The molecule has 1 aromatic rings. The number of rotatable bonds is 4. The van der Waals surface area contributed by atoms with Crippen LogP contribution in [-0.2, 0) is 6.54 Å². The zero-order valence-electron chi connectivity index (χ0n) is 10.7. The topological polar surface area (TPSA) is 42.2 Å². The Morgan fingerprint density at radius 2 is 2.12 bits per heavy atom. The first kappa shape index (κ1) is 12.5. The maximum Gasteiger partial charge on any atom is 0.0312 e. The largest absolute Gasteiger partial charge is 0.324 e. The summed E-state index contributed by atoms with van der Waals surface area (Å²) < 4.78 is 0. The smallest absolute Gasteiger partial charge is 0.0312 e. The molecule has 2 N–H and O–H groups in total. The molecule has 0 bridgehead atoms. The molecule has 1 fully saturated rings. The molecule has 1 saturated carbocycles. The lowest BCUT2D eigenvalue weighted by molar-refractivity contribution is 0.193. The van der Waals surface area contributed by atoms with Crippen molar-refractivity contribution in [1.29, 1.82) is 0 Å². The summed E-state index contributed by atoms with van der Waals surface area (Å²) in [5.41, 5.74) is 7.75. The Bertz CT molecular complexity index is 331. The number of aromatic nitrogens is 1. The van der Waals surface area contributed by atoms with Crippen molar-refractivity contribution in [3.8, 4) is 0 Å². The fourth-order valence-corrected chi connectivity index (χ4v) is 2.81. The molecule has 0 aromatic carbocycles. The molecule has 0 aliphatic heterocycles. The van der Waals surface area contributed by atoms with Crippen molar-refractivity contribution < 1.29 is 0 Å². The highest BCUT2D eigenvalue weighted by atomic mass is 15.1. The minimum Gasteiger partial charge on any atom is -0.324 e. The number of hydrogen-bond acceptors (Lipinski definition) is 3. The van der Waals surface area contributed by atoms with Crippen molar-refractivity contribution in [2.24, 2.45) is 5.73 Å². The van der Waals surface area contributed by atoms with E-state index in [2.05, 4.69) is 23.0 Å². The van der Waals surface area contributed by atoms with Gasteiger partial charge in [-0.05, 0) is 31.5 Å². The van der Waals surface area contributed by atoms with Crippen LogP contribution in [0.15, 0.2) is 24.5 Å². The first-order valence-corrected chi connectivity index (χ1v) is 6.54. The lowest BCUT2D eigenvalue weighted by Gasteiger charge is -2.36. The highest BCUT2D eigenvalue weighted by Gasteiger charge is 2.28. The van der Waals surface area contributed by atoms with E-state index in [0.717, 1.165) is 13.1 Å². The van der Waals surface area contributed by atoms with E-state index in [1.807, 2.05) is 18.5 Å². The Morgan fingerprint density at radius 3 is 2.76 bits per heavy atom. The Hall–Kier alpha value is -0.930. The Balaban J connectivity index is 1.86. The van der Waals surface area contributed by atoms with Gasteiger partial charge in [0.1, 0.15) is 0 Å². The van der Waals surface area contributed by atoms with E-state index in [1.165, 1.54) is 37.7 Å². The van der Waals surface area contributed by atoms with E-state index in [0.29, 0.717) is 0 Å². The minimum absolute atomic E-state index is 0.0369. The SMILES string of the molecule is CN(Cc1cccnc1)CC1(N)CCCCC1. The van der Waals surface area contributed by atoms with Crippen molar-refractivity contribution in [2.45, 2.75) is 44.2 Å². The molecule has 17 heavy (non-hydrogen) atoms. The molecule has 2 rings (SSSR count). The predicted molar refractivity (Wildman–Crippen MR) is 70.6 cm³/mol.